The second-order valence-corrected chi connectivity index (χ2v) is 4.71. The van der Waals surface area contributed by atoms with Crippen LogP contribution in [-0.2, 0) is 9.53 Å². The maximum absolute atomic E-state index is 11.8. The predicted octanol–water partition coefficient (Wildman–Crippen LogP) is 0.949. The molecule has 0 aromatic rings. The normalized spacial score (nSPS) is 17.7. The Hall–Kier alpha value is -0.320. The Labute approximate surface area is 104 Å². The number of halogens is 1. The van der Waals surface area contributed by atoms with Crippen molar-refractivity contribution < 1.29 is 9.53 Å². The van der Waals surface area contributed by atoms with Gasteiger partial charge in [-0.25, -0.2) is 0 Å². The van der Waals surface area contributed by atoms with Gasteiger partial charge in [-0.1, -0.05) is 0 Å². The Bertz CT molecular complexity index is 216. The van der Waals surface area contributed by atoms with E-state index in [9.17, 15) is 4.79 Å². The fraction of sp³-hybridized carbons (Fsp3) is 0.909. The Kier molecular flexibility index (Phi) is 6.95. The molecule has 1 aliphatic rings. The zero-order valence-corrected chi connectivity index (χ0v) is 11.2. The number of methoxy groups -OCH3 is 1. The molecule has 1 rings (SSSR count). The standard InChI is InChI=1S/C11H22N2O2.ClH/c1-11(2,15-3)8-13-10(14)9-4-6-12-7-5-9;/h9,12H,4-8H2,1-3H3,(H,13,14);1H. The van der Waals surface area contributed by atoms with E-state index in [0.29, 0.717) is 6.54 Å². The average Bonchev–Trinajstić information content (AvgIpc) is 2.27. The molecule has 2 N–H and O–H groups in total. The maximum atomic E-state index is 11.8. The molecule has 1 fully saturated rings. The van der Waals surface area contributed by atoms with Gasteiger partial charge in [0.15, 0.2) is 0 Å². The van der Waals surface area contributed by atoms with Crippen molar-refractivity contribution in [1.29, 1.82) is 0 Å². The van der Waals surface area contributed by atoms with Gasteiger partial charge in [0.1, 0.15) is 0 Å². The van der Waals surface area contributed by atoms with E-state index >= 15 is 0 Å². The van der Waals surface area contributed by atoms with E-state index < -0.39 is 0 Å². The highest BCUT2D eigenvalue weighted by Gasteiger charge is 2.23. The zero-order valence-electron chi connectivity index (χ0n) is 10.3. The molecule has 0 unspecified atom stereocenters. The number of ether oxygens (including phenoxy) is 1. The number of piperidine rings is 1. The summed E-state index contributed by atoms with van der Waals surface area (Å²) in [5.74, 6) is 0.348. The molecule has 1 heterocycles. The van der Waals surface area contributed by atoms with E-state index in [0.717, 1.165) is 25.9 Å². The fourth-order valence-corrected chi connectivity index (χ4v) is 1.60. The fourth-order valence-electron chi connectivity index (χ4n) is 1.60. The molecular formula is C11H23ClN2O2. The second kappa shape index (κ2) is 7.09. The monoisotopic (exact) mass is 250 g/mol. The van der Waals surface area contributed by atoms with Crippen molar-refractivity contribution in [2.75, 3.05) is 26.7 Å². The Morgan fingerprint density at radius 2 is 2.00 bits per heavy atom. The third kappa shape index (κ3) is 5.14. The first kappa shape index (κ1) is 15.7. The number of amides is 1. The molecule has 1 saturated heterocycles. The van der Waals surface area contributed by atoms with Crippen molar-refractivity contribution in [3.05, 3.63) is 0 Å². The maximum Gasteiger partial charge on any atom is 0.223 e. The van der Waals surface area contributed by atoms with Crippen molar-refractivity contribution in [2.24, 2.45) is 5.92 Å². The molecule has 96 valence electrons. The second-order valence-electron chi connectivity index (χ2n) is 4.71. The molecule has 5 heteroatoms. The molecule has 0 saturated carbocycles. The minimum atomic E-state index is -0.275. The van der Waals surface area contributed by atoms with Crippen LogP contribution in [0.15, 0.2) is 0 Å². The van der Waals surface area contributed by atoms with Gasteiger partial charge in [-0.3, -0.25) is 4.79 Å². The lowest BCUT2D eigenvalue weighted by Gasteiger charge is -2.26. The van der Waals surface area contributed by atoms with Crippen molar-refractivity contribution >= 4 is 18.3 Å². The Morgan fingerprint density at radius 3 is 2.50 bits per heavy atom. The first-order valence-electron chi connectivity index (χ1n) is 5.59. The molecule has 0 aromatic carbocycles. The van der Waals surface area contributed by atoms with Gasteiger partial charge in [0.2, 0.25) is 5.91 Å². The van der Waals surface area contributed by atoms with Crippen LogP contribution in [0.5, 0.6) is 0 Å². The minimum absolute atomic E-state index is 0. The van der Waals surface area contributed by atoms with Gasteiger partial charge in [-0.2, -0.15) is 0 Å². The number of carbonyl (C=O) groups is 1. The van der Waals surface area contributed by atoms with Gasteiger partial charge in [0.25, 0.3) is 0 Å². The number of nitrogens with one attached hydrogen (secondary N) is 2. The van der Waals surface area contributed by atoms with Crippen LogP contribution in [0.3, 0.4) is 0 Å². The van der Waals surface area contributed by atoms with Gasteiger partial charge < -0.3 is 15.4 Å². The molecule has 0 bridgehead atoms. The molecule has 16 heavy (non-hydrogen) atoms. The van der Waals surface area contributed by atoms with Crippen LogP contribution in [0.2, 0.25) is 0 Å². The van der Waals surface area contributed by atoms with Crippen LogP contribution in [0.1, 0.15) is 26.7 Å². The van der Waals surface area contributed by atoms with Crippen LogP contribution in [0.4, 0.5) is 0 Å². The van der Waals surface area contributed by atoms with Gasteiger partial charge in [0.05, 0.1) is 5.60 Å². The van der Waals surface area contributed by atoms with E-state index in [1.165, 1.54) is 0 Å². The predicted molar refractivity (Wildman–Crippen MR) is 66.9 cm³/mol. The summed E-state index contributed by atoms with van der Waals surface area (Å²) >= 11 is 0. The average molecular weight is 251 g/mol. The summed E-state index contributed by atoms with van der Waals surface area (Å²) in [5, 5.41) is 6.20. The first-order valence-corrected chi connectivity index (χ1v) is 5.59. The minimum Gasteiger partial charge on any atom is -0.377 e. The lowest BCUT2D eigenvalue weighted by molar-refractivity contribution is -0.127. The quantitative estimate of drug-likeness (QED) is 0.781. The summed E-state index contributed by atoms with van der Waals surface area (Å²) in [6, 6.07) is 0. The van der Waals surface area contributed by atoms with Crippen molar-refractivity contribution in [3.8, 4) is 0 Å². The molecule has 0 spiro atoms. The van der Waals surface area contributed by atoms with Gasteiger partial charge in [0, 0.05) is 19.6 Å². The van der Waals surface area contributed by atoms with Crippen molar-refractivity contribution in [2.45, 2.75) is 32.3 Å². The SMILES string of the molecule is COC(C)(C)CNC(=O)C1CCNCC1.Cl. The van der Waals surface area contributed by atoms with Crippen LogP contribution in [0.25, 0.3) is 0 Å². The number of hydrogen-bond donors (Lipinski definition) is 2. The Morgan fingerprint density at radius 1 is 1.44 bits per heavy atom. The molecule has 1 amide bonds. The van der Waals surface area contributed by atoms with Gasteiger partial charge in [-0.05, 0) is 39.8 Å². The summed E-state index contributed by atoms with van der Waals surface area (Å²) < 4.78 is 5.25. The molecule has 0 atom stereocenters. The lowest BCUT2D eigenvalue weighted by Crippen LogP contribution is -2.44. The lowest BCUT2D eigenvalue weighted by atomic mass is 9.97. The van der Waals surface area contributed by atoms with E-state index in [1.807, 2.05) is 13.8 Å². The van der Waals surface area contributed by atoms with Gasteiger partial charge >= 0.3 is 0 Å². The summed E-state index contributed by atoms with van der Waals surface area (Å²) in [6.07, 6.45) is 1.89. The third-order valence-electron chi connectivity index (χ3n) is 2.95. The number of carbonyl (C=O) groups excluding carboxylic acids is 1. The van der Waals surface area contributed by atoms with Gasteiger partial charge in [-0.15, -0.1) is 12.4 Å². The highest BCUT2D eigenvalue weighted by molar-refractivity contribution is 5.85. The topological polar surface area (TPSA) is 50.4 Å². The van der Waals surface area contributed by atoms with Crippen LogP contribution >= 0.6 is 12.4 Å². The summed E-state index contributed by atoms with van der Waals surface area (Å²) in [7, 11) is 1.66. The molecule has 4 nitrogen and oxygen atoms in total. The smallest absolute Gasteiger partial charge is 0.223 e. The molecule has 0 aliphatic carbocycles. The summed E-state index contributed by atoms with van der Waals surface area (Å²) in [4.78, 5) is 11.8. The van der Waals surface area contributed by atoms with E-state index in [1.54, 1.807) is 7.11 Å². The van der Waals surface area contributed by atoms with Crippen molar-refractivity contribution in [1.82, 2.24) is 10.6 Å². The summed E-state index contributed by atoms with van der Waals surface area (Å²) in [5.41, 5.74) is -0.275. The van der Waals surface area contributed by atoms with Crippen LogP contribution < -0.4 is 10.6 Å². The van der Waals surface area contributed by atoms with E-state index in [2.05, 4.69) is 10.6 Å². The van der Waals surface area contributed by atoms with Crippen LogP contribution in [-0.4, -0.2) is 38.3 Å². The molecule has 1 aliphatic heterocycles. The number of rotatable bonds is 4. The van der Waals surface area contributed by atoms with E-state index in [4.69, 9.17) is 4.74 Å². The summed E-state index contributed by atoms with van der Waals surface area (Å²) in [6.45, 7) is 6.41. The van der Waals surface area contributed by atoms with Crippen LogP contribution in [0, 0.1) is 5.92 Å². The zero-order chi connectivity index (χ0) is 11.3. The first-order chi connectivity index (χ1) is 7.05. The Balaban J connectivity index is 0.00000225. The van der Waals surface area contributed by atoms with E-state index in [-0.39, 0.29) is 29.8 Å². The molecule has 0 aromatic heterocycles. The highest BCUT2D eigenvalue weighted by Crippen LogP contribution is 2.12. The molecule has 0 radical (unpaired) electrons. The van der Waals surface area contributed by atoms with Crippen molar-refractivity contribution in [3.63, 3.8) is 0 Å². The molecular weight excluding hydrogens is 228 g/mol. The highest BCUT2D eigenvalue weighted by atomic mass is 35.5. The third-order valence-corrected chi connectivity index (χ3v) is 2.95. The number of hydrogen-bond acceptors (Lipinski definition) is 3. The largest absolute Gasteiger partial charge is 0.377 e.